The van der Waals surface area contributed by atoms with E-state index in [9.17, 15) is 19.7 Å². The molecule has 0 aliphatic carbocycles. The molecule has 0 spiro atoms. The third-order valence-electron chi connectivity index (χ3n) is 6.20. The Hall–Kier alpha value is -4.21. The fraction of sp³-hybridized carbons (Fsp3) is 0.320. The quantitative estimate of drug-likeness (QED) is 0.289. The van der Waals surface area contributed by atoms with Crippen LogP contribution in [0.15, 0.2) is 54.9 Å². The molecular weight excluding hydrogens is 452 g/mol. The van der Waals surface area contributed by atoms with Gasteiger partial charge in [-0.1, -0.05) is 12.1 Å². The molecule has 182 valence electrons. The van der Waals surface area contributed by atoms with Gasteiger partial charge in [-0.15, -0.1) is 0 Å². The summed E-state index contributed by atoms with van der Waals surface area (Å²) in [4.78, 5) is 41.9. The van der Waals surface area contributed by atoms with E-state index in [1.54, 1.807) is 18.2 Å². The highest BCUT2D eigenvalue weighted by Gasteiger charge is 2.28. The van der Waals surface area contributed by atoms with Crippen molar-refractivity contribution >= 4 is 17.6 Å². The van der Waals surface area contributed by atoms with Crippen molar-refractivity contribution < 1.29 is 24.0 Å². The van der Waals surface area contributed by atoms with Gasteiger partial charge in [0.25, 0.3) is 11.6 Å². The predicted molar refractivity (Wildman–Crippen MR) is 127 cm³/mol. The number of piperidine rings is 1. The number of imidazole rings is 1. The lowest BCUT2D eigenvalue weighted by Gasteiger charge is -2.32. The molecule has 0 N–H and O–H groups in total. The van der Waals surface area contributed by atoms with E-state index in [1.807, 2.05) is 30.5 Å². The fourth-order valence-electron chi connectivity index (χ4n) is 4.34. The maximum Gasteiger partial charge on any atom is 0.338 e. The molecule has 0 unspecified atom stereocenters. The number of non-ortho nitro benzene ring substituents is 1. The molecule has 1 fully saturated rings. The van der Waals surface area contributed by atoms with Crippen LogP contribution in [0.2, 0.25) is 0 Å². The van der Waals surface area contributed by atoms with Crippen molar-refractivity contribution in [3.63, 3.8) is 0 Å². The van der Waals surface area contributed by atoms with Gasteiger partial charge in [0.05, 0.1) is 24.7 Å². The van der Waals surface area contributed by atoms with Crippen LogP contribution < -0.4 is 4.74 Å². The number of methoxy groups -OCH3 is 2. The number of carbonyl (C=O) groups is 2. The van der Waals surface area contributed by atoms with Crippen LogP contribution in [0.5, 0.6) is 5.75 Å². The van der Waals surface area contributed by atoms with Gasteiger partial charge in [-0.3, -0.25) is 14.9 Å². The van der Waals surface area contributed by atoms with Gasteiger partial charge in [-0.25, -0.2) is 9.78 Å². The highest BCUT2D eigenvalue weighted by Crippen LogP contribution is 2.29. The van der Waals surface area contributed by atoms with Crippen LogP contribution >= 0.6 is 0 Å². The maximum absolute atomic E-state index is 13.1. The molecule has 10 heteroatoms. The number of amides is 1. The minimum atomic E-state index is -0.731. The third kappa shape index (κ3) is 5.32. The van der Waals surface area contributed by atoms with Crippen molar-refractivity contribution in [2.45, 2.75) is 25.3 Å². The number of nitro benzene ring substituents is 1. The zero-order valence-electron chi connectivity index (χ0n) is 19.5. The summed E-state index contributed by atoms with van der Waals surface area (Å²) in [5, 5.41) is 11.3. The molecule has 1 aromatic heterocycles. The van der Waals surface area contributed by atoms with E-state index in [0.717, 1.165) is 23.2 Å². The lowest BCUT2D eigenvalue weighted by Crippen LogP contribution is -2.38. The Kier molecular flexibility index (Phi) is 7.09. The average Bonchev–Trinajstić information content (AvgIpc) is 3.36. The van der Waals surface area contributed by atoms with Crippen molar-refractivity contribution in [2.75, 3.05) is 27.3 Å². The maximum atomic E-state index is 13.1. The van der Waals surface area contributed by atoms with E-state index in [0.29, 0.717) is 32.5 Å². The monoisotopic (exact) mass is 478 g/mol. The van der Waals surface area contributed by atoms with Crippen LogP contribution in [0.1, 0.15) is 50.9 Å². The molecule has 4 rings (SSSR count). The summed E-state index contributed by atoms with van der Waals surface area (Å²) in [6.45, 7) is 1.65. The van der Waals surface area contributed by atoms with Gasteiger partial charge in [0.1, 0.15) is 11.6 Å². The second-order valence-electron chi connectivity index (χ2n) is 8.35. The summed E-state index contributed by atoms with van der Waals surface area (Å²) in [6, 6.07) is 11.5. The number of hydrogen-bond acceptors (Lipinski definition) is 7. The molecule has 1 aliphatic rings. The van der Waals surface area contributed by atoms with Gasteiger partial charge in [0.2, 0.25) is 0 Å². The summed E-state index contributed by atoms with van der Waals surface area (Å²) < 4.78 is 12.0. The summed E-state index contributed by atoms with van der Waals surface area (Å²) >= 11 is 0. The number of ether oxygens (including phenoxy) is 2. The van der Waals surface area contributed by atoms with E-state index >= 15 is 0 Å². The summed E-state index contributed by atoms with van der Waals surface area (Å²) in [5.41, 5.74) is 0.871. The van der Waals surface area contributed by atoms with Gasteiger partial charge in [-0.05, 0) is 36.6 Å². The molecule has 10 nitrogen and oxygen atoms in total. The number of likely N-dealkylation sites (tertiary alicyclic amines) is 1. The van der Waals surface area contributed by atoms with E-state index in [2.05, 4.69) is 14.3 Å². The first-order valence-corrected chi connectivity index (χ1v) is 11.2. The zero-order valence-corrected chi connectivity index (χ0v) is 19.5. The molecule has 1 amide bonds. The molecule has 35 heavy (non-hydrogen) atoms. The smallest absolute Gasteiger partial charge is 0.338 e. The SMILES string of the molecule is COC(=O)c1cc(C(=O)N2CCC(c3nccn3Cc3ccc(OC)cc3)CC2)cc([N+](=O)[O-])c1. The topological polar surface area (TPSA) is 117 Å². The van der Waals surface area contributed by atoms with Crippen molar-refractivity contribution in [3.8, 4) is 5.75 Å². The first-order chi connectivity index (χ1) is 16.9. The lowest BCUT2D eigenvalue weighted by atomic mass is 9.95. The van der Waals surface area contributed by atoms with Gasteiger partial charge in [0.15, 0.2) is 0 Å². The van der Waals surface area contributed by atoms with E-state index < -0.39 is 10.9 Å². The number of esters is 1. The highest BCUT2D eigenvalue weighted by atomic mass is 16.6. The summed E-state index contributed by atoms with van der Waals surface area (Å²) in [6.07, 6.45) is 5.16. The van der Waals surface area contributed by atoms with E-state index in [1.165, 1.54) is 19.2 Å². The van der Waals surface area contributed by atoms with Crippen LogP contribution in [-0.4, -0.2) is 58.6 Å². The van der Waals surface area contributed by atoms with Crippen LogP contribution in [-0.2, 0) is 11.3 Å². The number of aromatic nitrogens is 2. The Bertz CT molecular complexity index is 1230. The predicted octanol–water partition coefficient (Wildman–Crippen LogP) is 3.65. The number of hydrogen-bond donors (Lipinski definition) is 0. The Morgan fingerprint density at radius 1 is 1.09 bits per heavy atom. The number of nitro groups is 1. The van der Waals surface area contributed by atoms with Crippen molar-refractivity contribution in [2.24, 2.45) is 0 Å². The first kappa shape index (κ1) is 23.9. The van der Waals surface area contributed by atoms with Crippen LogP contribution in [0, 0.1) is 10.1 Å². The molecule has 0 bridgehead atoms. The molecule has 2 heterocycles. The van der Waals surface area contributed by atoms with Gasteiger partial charge >= 0.3 is 5.97 Å². The Morgan fingerprint density at radius 3 is 2.40 bits per heavy atom. The van der Waals surface area contributed by atoms with Crippen LogP contribution in [0.4, 0.5) is 5.69 Å². The molecule has 1 saturated heterocycles. The highest BCUT2D eigenvalue weighted by molar-refractivity contribution is 5.99. The molecule has 2 aromatic carbocycles. The van der Waals surface area contributed by atoms with Crippen molar-refractivity contribution in [1.29, 1.82) is 0 Å². The second kappa shape index (κ2) is 10.4. The number of rotatable bonds is 7. The fourth-order valence-corrected chi connectivity index (χ4v) is 4.34. The minimum absolute atomic E-state index is 0.0273. The normalized spacial score (nSPS) is 13.9. The van der Waals surface area contributed by atoms with Gasteiger partial charge in [0, 0.05) is 55.6 Å². The zero-order chi connectivity index (χ0) is 24.9. The third-order valence-corrected chi connectivity index (χ3v) is 6.20. The summed E-state index contributed by atoms with van der Waals surface area (Å²) in [7, 11) is 2.82. The minimum Gasteiger partial charge on any atom is -0.497 e. The number of carbonyl (C=O) groups excluding carboxylic acids is 2. The molecule has 0 saturated carbocycles. The van der Waals surface area contributed by atoms with Crippen molar-refractivity contribution in [1.82, 2.24) is 14.5 Å². The number of nitrogens with zero attached hydrogens (tertiary/aromatic N) is 4. The Labute approximate surface area is 202 Å². The molecule has 3 aromatic rings. The standard InChI is InChI=1S/C25H26N4O6/c1-34-22-5-3-17(4-6-22)16-28-12-9-26-23(28)18-7-10-27(11-8-18)24(30)19-13-20(25(31)35-2)15-21(14-19)29(32)33/h3-6,9,12-15,18H,7-8,10-11,16H2,1-2H3. The van der Waals surface area contributed by atoms with Crippen LogP contribution in [0.25, 0.3) is 0 Å². The van der Waals surface area contributed by atoms with E-state index in [4.69, 9.17) is 4.74 Å². The first-order valence-electron chi connectivity index (χ1n) is 11.2. The summed E-state index contributed by atoms with van der Waals surface area (Å²) in [5.74, 6) is 0.877. The average molecular weight is 479 g/mol. The lowest BCUT2D eigenvalue weighted by molar-refractivity contribution is -0.384. The number of benzene rings is 2. The Morgan fingerprint density at radius 2 is 1.77 bits per heavy atom. The largest absolute Gasteiger partial charge is 0.497 e. The molecular formula is C25H26N4O6. The van der Waals surface area contributed by atoms with Gasteiger partial charge in [-0.2, -0.15) is 0 Å². The molecule has 0 atom stereocenters. The molecule has 1 aliphatic heterocycles. The Balaban J connectivity index is 1.44. The van der Waals surface area contributed by atoms with E-state index in [-0.39, 0.29) is 28.6 Å². The molecule has 0 radical (unpaired) electrons. The van der Waals surface area contributed by atoms with Gasteiger partial charge < -0.3 is 18.9 Å². The van der Waals surface area contributed by atoms with Crippen molar-refractivity contribution in [3.05, 3.63) is 87.5 Å². The second-order valence-corrected chi connectivity index (χ2v) is 8.35. The van der Waals surface area contributed by atoms with Crippen LogP contribution in [0.3, 0.4) is 0 Å².